The Balaban J connectivity index is 1.78. The topological polar surface area (TPSA) is 33.9 Å². The number of hydrogen-bond acceptors (Lipinski definition) is 2. The molecule has 1 fully saturated rings. The minimum atomic E-state index is -0.531. The summed E-state index contributed by atoms with van der Waals surface area (Å²) >= 11 is 5.87. The zero-order valence-electron chi connectivity index (χ0n) is 11.7. The van der Waals surface area contributed by atoms with E-state index in [0.717, 1.165) is 19.0 Å². The molecule has 2 N–H and O–H groups in total. The molecule has 1 aromatic carbocycles. The molecule has 0 radical (unpaired) electrons. The van der Waals surface area contributed by atoms with E-state index >= 15 is 0 Å². The number of likely N-dealkylation sites (tertiary alicyclic amines) is 1. The highest BCUT2D eigenvalue weighted by atomic mass is 35.5. The Morgan fingerprint density at radius 1 is 1.55 bits per heavy atom. The number of aliphatic hydroxyl groups is 1. The summed E-state index contributed by atoms with van der Waals surface area (Å²) < 4.78 is 18.4. The Morgan fingerprint density at radius 2 is 2.35 bits per heavy atom. The van der Waals surface area contributed by atoms with E-state index in [2.05, 4.69) is 6.92 Å². The molecule has 112 valence electrons. The highest BCUT2D eigenvalue weighted by Gasteiger charge is 2.22. The van der Waals surface area contributed by atoms with E-state index in [4.69, 9.17) is 16.3 Å². The van der Waals surface area contributed by atoms with Crippen LogP contribution in [0.1, 0.15) is 19.8 Å². The molecule has 0 spiro atoms. The average molecular weight is 303 g/mol. The third kappa shape index (κ3) is 4.62. The van der Waals surface area contributed by atoms with Crippen LogP contribution in [0.4, 0.5) is 4.39 Å². The smallest absolute Gasteiger partial charge is 0.138 e. The minimum Gasteiger partial charge on any atom is -0.489 e. The molecule has 5 heteroatoms. The Kier molecular flexibility index (Phi) is 5.64. The number of aliphatic hydroxyl groups excluding tert-OH is 1. The van der Waals surface area contributed by atoms with Gasteiger partial charge in [0.15, 0.2) is 0 Å². The third-order valence-corrected chi connectivity index (χ3v) is 4.01. The first-order valence-electron chi connectivity index (χ1n) is 7.14. The molecule has 1 heterocycles. The summed E-state index contributed by atoms with van der Waals surface area (Å²) in [6, 6.07) is 3.99. The van der Waals surface area contributed by atoms with Crippen LogP contribution in [0.15, 0.2) is 18.2 Å². The number of piperidine rings is 1. The van der Waals surface area contributed by atoms with Crippen LogP contribution in [-0.2, 0) is 0 Å². The Labute approximate surface area is 124 Å². The van der Waals surface area contributed by atoms with Crippen LogP contribution in [0.25, 0.3) is 0 Å². The fraction of sp³-hybridized carbons (Fsp3) is 0.600. The second-order valence-corrected chi connectivity index (χ2v) is 6.10. The van der Waals surface area contributed by atoms with E-state index in [9.17, 15) is 9.50 Å². The van der Waals surface area contributed by atoms with E-state index < -0.39 is 11.9 Å². The maximum Gasteiger partial charge on any atom is 0.138 e. The van der Waals surface area contributed by atoms with Crippen LogP contribution in [0, 0.1) is 11.7 Å². The molecule has 0 bridgehead atoms. The number of ether oxygens (including phenoxy) is 1. The van der Waals surface area contributed by atoms with Crippen molar-refractivity contribution in [2.75, 3.05) is 26.2 Å². The van der Waals surface area contributed by atoms with E-state index in [0.29, 0.717) is 12.3 Å². The van der Waals surface area contributed by atoms with Gasteiger partial charge in [0.05, 0.1) is 18.1 Å². The van der Waals surface area contributed by atoms with Gasteiger partial charge in [-0.25, -0.2) is 4.39 Å². The number of benzene rings is 1. The number of nitrogens with one attached hydrogen (secondary N) is 1. The molecule has 2 rings (SSSR count). The Bertz CT molecular complexity index is 444. The fourth-order valence-electron chi connectivity index (χ4n) is 2.75. The fourth-order valence-corrected chi connectivity index (χ4v) is 2.98. The van der Waals surface area contributed by atoms with Crippen molar-refractivity contribution in [3.8, 4) is 5.75 Å². The van der Waals surface area contributed by atoms with Crippen LogP contribution in [0.3, 0.4) is 0 Å². The number of hydrogen-bond donors (Lipinski definition) is 2. The molecular weight excluding hydrogens is 281 g/mol. The monoisotopic (exact) mass is 302 g/mol. The maximum atomic E-state index is 12.9. The zero-order valence-corrected chi connectivity index (χ0v) is 12.5. The lowest BCUT2D eigenvalue weighted by atomic mass is 10.0. The molecule has 1 aromatic rings. The van der Waals surface area contributed by atoms with Crippen LogP contribution >= 0.6 is 11.6 Å². The second-order valence-electron chi connectivity index (χ2n) is 5.70. The van der Waals surface area contributed by atoms with Gasteiger partial charge in [-0.15, -0.1) is 0 Å². The van der Waals surface area contributed by atoms with Crippen molar-refractivity contribution in [3.63, 3.8) is 0 Å². The van der Waals surface area contributed by atoms with Gasteiger partial charge in [-0.05, 0) is 31.0 Å². The van der Waals surface area contributed by atoms with Gasteiger partial charge in [-0.1, -0.05) is 18.5 Å². The Hall–Kier alpha value is -0.840. The molecule has 1 aliphatic heterocycles. The van der Waals surface area contributed by atoms with Crippen molar-refractivity contribution in [2.45, 2.75) is 25.9 Å². The van der Waals surface area contributed by atoms with Crippen molar-refractivity contribution in [2.24, 2.45) is 5.92 Å². The van der Waals surface area contributed by atoms with Gasteiger partial charge in [0.25, 0.3) is 0 Å². The van der Waals surface area contributed by atoms with Crippen LogP contribution in [-0.4, -0.2) is 37.5 Å². The summed E-state index contributed by atoms with van der Waals surface area (Å²) in [4.78, 5) is 1.42. The van der Waals surface area contributed by atoms with Crippen molar-refractivity contribution in [1.29, 1.82) is 0 Å². The lowest BCUT2D eigenvalue weighted by molar-refractivity contribution is -0.911. The van der Waals surface area contributed by atoms with Crippen molar-refractivity contribution in [1.82, 2.24) is 0 Å². The quantitative estimate of drug-likeness (QED) is 0.865. The molecule has 1 aliphatic rings. The van der Waals surface area contributed by atoms with E-state index in [1.54, 1.807) is 0 Å². The number of quaternary nitrogens is 1. The van der Waals surface area contributed by atoms with E-state index in [1.165, 1.54) is 35.9 Å². The third-order valence-electron chi connectivity index (χ3n) is 3.71. The summed E-state index contributed by atoms with van der Waals surface area (Å²) in [5.74, 6) is 0.738. The normalized spacial score (nSPS) is 24.4. The van der Waals surface area contributed by atoms with Gasteiger partial charge >= 0.3 is 0 Å². The van der Waals surface area contributed by atoms with Gasteiger partial charge < -0.3 is 14.7 Å². The summed E-state index contributed by atoms with van der Waals surface area (Å²) in [5, 5.41) is 10.3. The molecule has 0 aromatic heterocycles. The summed E-state index contributed by atoms with van der Waals surface area (Å²) in [7, 11) is 0. The summed E-state index contributed by atoms with van der Waals surface area (Å²) in [6.07, 6.45) is 1.96. The van der Waals surface area contributed by atoms with E-state index in [1.807, 2.05) is 0 Å². The summed E-state index contributed by atoms with van der Waals surface area (Å²) in [5.41, 5.74) is 0. The largest absolute Gasteiger partial charge is 0.489 e. The van der Waals surface area contributed by atoms with Gasteiger partial charge in [0, 0.05) is 5.92 Å². The molecule has 0 saturated carbocycles. The van der Waals surface area contributed by atoms with Crippen LogP contribution in [0.5, 0.6) is 5.75 Å². The first-order valence-corrected chi connectivity index (χ1v) is 7.52. The standard InChI is InChI=1S/C15H21ClFNO2/c1-11-3-2-6-18(8-11)9-13(19)10-20-15-5-4-12(17)7-14(15)16/h4-5,7,11,13,19H,2-3,6,8-10H2,1H3/p+1/t11-,13+/m1/s1. The lowest BCUT2D eigenvalue weighted by Crippen LogP contribution is -3.14. The molecule has 3 nitrogen and oxygen atoms in total. The maximum absolute atomic E-state index is 12.9. The molecule has 20 heavy (non-hydrogen) atoms. The van der Waals surface area contributed by atoms with E-state index in [-0.39, 0.29) is 11.6 Å². The predicted octanol–water partition coefficient (Wildman–Crippen LogP) is 1.53. The molecule has 3 atom stereocenters. The van der Waals surface area contributed by atoms with Gasteiger partial charge in [0.1, 0.15) is 30.8 Å². The number of rotatable bonds is 5. The molecular formula is C15H22ClFNO2+. The van der Waals surface area contributed by atoms with Crippen molar-refractivity contribution >= 4 is 11.6 Å². The minimum absolute atomic E-state index is 0.184. The molecule has 1 saturated heterocycles. The molecule has 0 aliphatic carbocycles. The van der Waals surface area contributed by atoms with Gasteiger partial charge in [0.2, 0.25) is 0 Å². The first kappa shape index (κ1) is 15.5. The van der Waals surface area contributed by atoms with Gasteiger partial charge in [-0.3, -0.25) is 0 Å². The zero-order chi connectivity index (χ0) is 14.5. The predicted molar refractivity (Wildman–Crippen MR) is 76.9 cm³/mol. The Morgan fingerprint density at radius 3 is 3.05 bits per heavy atom. The highest BCUT2D eigenvalue weighted by molar-refractivity contribution is 6.32. The van der Waals surface area contributed by atoms with Gasteiger partial charge in [-0.2, -0.15) is 0 Å². The van der Waals surface area contributed by atoms with Crippen molar-refractivity contribution < 1.29 is 19.1 Å². The van der Waals surface area contributed by atoms with Crippen molar-refractivity contribution in [3.05, 3.63) is 29.0 Å². The van der Waals surface area contributed by atoms with Crippen LogP contribution in [0.2, 0.25) is 5.02 Å². The lowest BCUT2D eigenvalue weighted by Gasteiger charge is -2.29. The highest BCUT2D eigenvalue weighted by Crippen LogP contribution is 2.24. The molecule has 0 amide bonds. The average Bonchev–Trinajstić information content (AvgIpc) is 2.37. The number of halogens is 2. The second kappa shape index (κ2) is 7.25. The first-order chi connectivity index (χ1) is 9.54. The SMILES string of the molecule is C[C@@H]1CCC[NH+](C[C@H](O)COc2ccc(F)cc2Cl)C1. The summed E-state index contributed by atoms with van der Waals surface area (Å²) in [6.45, 7) is 5.33. The molecule has 1 unspecified atom stereocenters. The van der Waals surface area contributed by atoms with Crippen LogP contribution < -0.4 is 9.64 Å².